The molecular weight excluding hydrogens is 817 g/mol. The van der Waals surface area contributed by atoms with Gasteiger partial charge in [0.25, 0.3) is 15.8 Å². The van der Waals surface area contributed by atoms with Crippen LogP contribution in [0.3, 0.4) is 0 Å². The van der Waals surface area contributed by atoms with E-state index in [0.717, 1.165) is 33.9 Å². The van der Waals surface area contributed by atoms with Crippen molar-refractivity contribution >= 4 is 44.6 Å². The van der Waals surface area contributed by atoms with Gasteiger partial charge >= 0.3 is 0 Å². The lowest BCUT2D eigenvalue weighted by Gasteiger charge is -2.31. The topological polar surface area (TPSA) is 204 Å². The Morgan fingerprint density at radius 2 is 1.69 bits per heavy atom. The van der Waals surface area contributed by atoms with Gasteiger partial charge in [-0.05, 0) is 51.6 Å². The first-order valence-electron chi connectivity index (χ1n) is 20.2. The number of anilines is 1. The molecule has 2 aliphatic heterocycles. The van der Waals surface area contributed by atoms with Crippen LogP contribution < -0.4 is 25.0 Å². The molecule has 0 bridgehead atoms. The number of nitrogens with one attached hydrogen (secondary N) is 2. The fourth-order valence-electron chi connectivity index (χ4n) is 8.49. The number of nitrogens with zero attached hydrogens (tertiary/aromatic N) is 4. The van der Waals surface area contributed by atoms with Gasteiger partial charge in [0.2, 0.25) is 11.6 Å². The molecule has 0 radical (unpaired) electrons. The summed E-state index contributed by atoms with van der Waals surface area (Å²) in [6.45, 7) is 10.4. The molecule has 3 aromatic carbocycles. The molecule has 16 nitrogen and oxygen atoms in total. The number of aliphatic hydroxyl groups is 1. The van der Waals surface area contributed by atoms with Gasteiger partial charge in [-0.1, -0.05) is 50.2 Å². The standard InChI is InChI=1S/C45H54N6O10S/c1-27(52)28-22-37(60-9)38(25-36(28)51(55)56)61-21-20-48(6)19-18-46-43(54)33(26-62(57,58)59)47-41-29(23-39-44(2,3)31-14-10-12-16-34(31)49(39)7)42(53)30(41)24-40-45(4,5)32-15-11-13-17-35(32)50(40)8/h10-17,22-25,27,33,52H,18-21,26H2,1-9H3,(H2-,46,47,53,54,57,58,59)/p+1. The summed E-state index contributed by atoms with van der Waals surface area (Å²) in [5.74, 6) is -1.64. The van der Waals surface area contributed by atoms with Crippen molar-refractivity contribution in [1.82, 2.24) is 15.5 Å². The van der Waals surface area contributed by atoms with E-state index in [1.54, 1.807) is 19.2 Å². The van der Waals surface area contributed by atoms with Crippen LogP contribution in [0.4, 0.5) is 17.1 Å². The molecular formula is C45H55N6O10S+. The number of Topliss-reactive ketones (excluding diaryl/α,β-unsaturated/α-hetero) is 1. The maximum Gasteiger partial charge on any atom is 0.279 e. The largest absolute Gasteiger partial charge is 0.493 e. The number of para-hydroxylation sites is 2. The molecule has 1 aliphatic carbocycles. The van der Waals surface area contributed by atoms with Crippen LogP contribution >= 0.6 is 0 Å². The van der Waals surface area contributed by atoms with Gasteiger partial charge in [0.1, 0.15) is 25.4 Å². The molecule has 2 heterocycles. The predicted molar refractivity (Wildman–Crippen MR) is 236 cm³/mol. The van der Waals surface area contributed by atoms with E-state index in [9.17, 15) is 37.8 Å². The SMILES string of the molecule is COc1cc(C(C)O)c([N+](=O)[O-])cc1OCCN(C)CCNC(=O)C(CS(=O)(=O)O)NC1=C(/C=C2/N(C)c3ccccc3C2(C)C)C(=O)/C1=C\C1=[N+](C)c2ccccc2C1(C)C. The summed E-state index contributed by atoms with van der Waals surface area (Å²) in [7, 11) is 2.29. The summed E-state index contributed by atoms with van der Waals surface area (Å²) in [4.78, 5) is 43.1. The van der Waals surface area contributed by atoms with Gasteiger partial charge in [-0.25, -0.2) is 0 Å². The Labute approximate surface area is 362 Å². The number of carbonyl (C=O) groups excluding carboxylic acids is 2. The van der Waals surface area contributed by atoms with Gasteiger partial charge in [-0.2, -0.15) is 13.0 Å². The molecule has 4 N–H and O–H groups in total. The lowest BCUT2D eigenvalue weighted by molar-refractivity contribution is -0.401. The minimum Gasteiger partial charge on any atom is -0.493 e. The number of ketones is 1. The summed E-state index contributed by atoms with van der Waals surface area (Å²) >= 11 is 0. The third-order valence-corrected chi connectivity index (χ3v) is 12.7. The fourth-order valence-corrected chi connectivity index (χ4v) is 9.15. The molecule has 0 saturated heterocycles. The highest BCUT2D eigenvalue weighted by Crippen LogP contribution is 2.48. The van der Waals surface area contributed by atoms with Crippen LogP contribution in [0.1, 0.15) is 57.4 Å². The minimum absolute atomic E-state index is 0.0703. The Balaban J connectivity index is 1.24. The zero-order valence-corrected chi connectivity index (χ0v) is 37.3. The van der Waals surface area contributed by atoms with Crippen molar-refractivity contribution < 1.29 is 46.6 Å². The molecule has 2 unspecified atom stereocenters. The van der Waals surface area contributed by atoms with Crippen molar-refractivity contribution in [2.24, 2.45) is 0 Å². The van der Waals surface area contributed by atoms with Gasteiger partial charge in [0, 0.05) is 66.8 Å². The summed E-state index contributed by atoms with van der Waals surface area (Å²) in [6.07, 6.45) is 2.48. The second-order valence-corrected chi connectivity index (χ2v) is 18.4. The first kappa shape index (κ1) is 45.6. The average Bonchev–Trinajstić information content (AvgIpc) is 3.53. The van der Waals surface area contributed by atoms with E-state index in [-0.39, 0.29) is 65.1 Å². The molecule has 0 spiro atoms. The van der Waals surface area contributed by atoms with Crippen LogP contribution in [0, 0.1) is 10.1 Å². The zero-order chi connectivity index (χ0) is 45.5. The Hall–Kier alpha value is -5.88. The van der Waals surface area contributed by atoms with Crippen LogP contribution in [-0.2, 0) is 30.5 Å². The summed E-state index contributed by atoms with van der Waals surface area (Å²) in [5, 5.41) is 27.5. The number of benzene rings is 3. The monoisotopic (exact) mass is 871 g/mol. The van der Waals surface area contributed by atoms with Crippen molar-refractivity contribution in [3.8, 4) is 11.5 Å². The number of aliphatic hydroxyl groups excluding tert-OH is 1. The number of hydrogen-bond acceptors (Lipinski definition) is 12. The molecule has 17 heteroatoms. The number of nitro benzene ring substituents is 1. The Kier molecular flexibility index (Phi) is 12.9. The van der Waals surface area contributed by atoms with Crippen LogP contribution in [0.15, 0.2) is 95.4 Å². The van der Waals surface area contributed by atoms with Crippen molar-refractivity contribution in [2.45, 2.75) is 57.6 Å². The van der Waals surface area contributed by atoms with Crippen LogP contribution in [0.5, 0.6) is 11.5 Å². The van der Waals surface area contributed by atoms with Crippen molar-refractivity contribution in [1.29, 1.82) is 0 Å². The number of likely N-dealkylation sites (N-methyl/N-ethyl adjacent to an activating group) is 2. The van der Waals surface area contributed by atoms with E-state index in [1.807, 2.05) is 77.0 Å². The summed E-state index contributed by atoms with van der Waals surface area (Å²) in [6, 6.07) is 17.0. The molecule has 0 aromatic heterocycles. The highest BCUT2D eigenvalue weighted by Gasteiger charge is 2.46. The van der Waals surface area contributed by atoms with Crippen molar-refractivity contribution in [2.75, 3.05) is 65.1 Å². The lowest BCUT2D eigenvalue weighted by Crippen LogP contribution is -2.51. The van der Waals surface area contributed by atoms with Crippen molar-refractivity contribution in [3.05, 3.63) is 122 Å². The predicted octanol–water partition coefficient (Wildman–Crippen LogP) is 4.71. The van der Waals surface area contributed by atoms with Gasteiger partial charge in [-0.15, -0.1) is 0 Å². The maximum atomic E-state index is 14.3. The Morgan fingerprint density at radius 3 is 2.31 bits per heavy atom. The highest BCUT2D eigenvalue weighted by atomic mass is 32.2. The number of rotatable bonds is 17. The summed E-state index contributed by atoms with van der Waals surface area (Å²) < 4.78 is 48.1. The maximum absolute atomic E-state index is 14.3. The Bertz CT molecular complexity index is 2560. The second kappa shape index (κ2) is 17.5. The average molecular weight is 872 g/mol. The number of amides is 1. The quantitative estimate of drug-likeness (QED) is 0.0478. The minimum atomic E-state index is -4.70. The zero-order valence-electron chi connectivity index (χ0n) is 36.5. The number of allylic oxidation sites excluding steroid dienone is 5. The third kappa shape index (κ3) is 8.88. The van der Waals surface area contributed by atoms with E-state index in [4.69, 9.17) is 9.47 Å². The normalized spacial score (nSPS) is 18.8. The Morgan fingerprint density at radius 1 is 1.03 bits per heavy atom. The molecule has 2 atom stereocenters. The fraction of sp³-hybridized carbons (Fsp3) is 0.400. The van der Waals surface area contributed by atoms with E-state index >= 15 is 0 Å². The van der Waals surface area contributed by atoms with E-state index < -0.39 is 49.7 Å². The molecule has 0 saturated carbocycles. The third-order valence-electron chi connectivity index (χ3n) is 12.0. The van der Waals surface area contributed by atoms with Gasteiger partial charge < -0.3 is 35.0 Å². The van der Waals surface area contributed by atoms with Gasteiger partial charge in [-0.3, -0.25) is 24.3 Å². The number of hydrogen-bond donors (Lipinski definition) is 4. The van der Waals surface area contributed by atoms with Gasteiger partial charge in [0.05, 0.1) is 46.5 Å². The molecule has 6 rings (SSSR count). The first-order chi connectivity index (χ1) is 29.1. The van der Waals surface area contributed by atoms with Crippen LogP contribution in [0.25, 0.3) is 0 Å². The molecule has 62 heavy (non-hydrogen) atoms. The van der Waals surface area contributed by atoms with Crippen LogP contribution in [-0.4, -0.2) is 116 Å². The number of carbonyl (C=O) groups is 2. The second-order valence-electron chi connectivity index (χ2n) is 16.9. The van der Waals surface area contributed by atoms with E-state index in [0.29, 0.717) is 6.54 Å². The highest BCUT2D eigenvalue weighted by molar-refractivity contribution is 7.85. The van der Waals surface area contributed by atoms with Crippen LogP contribution in [0.2, 0.25) is 0 Å². The number of fused-ring (bicyclic) bond motifs is 2. The number of methoxy groups -OCH3 is 1. The lowest BCUT2D eigenvalue weighted by atomic mass is 9.77. The molecule has 0 fully saturated rings. The molecule has 330 valence electrons. The molecule has 1 amide bonds. The number of ether oxygens (including phenoxy) is 2. The molecule has 3 aliphatic rings. The summed E-state index contributed by atoms with van der Waals surface area (Å²) in [5.41, 5.74) is 5.37. The molecule has 3 aromatic rings. The van der Waals surface area contributed by atoms with Gasteiger partial charge in [0.15, 0.2) is 23.0 Å². The van der Waals surface area contributed by atoms with E-state index in [1.165, 1.54) is 26.2 Å². The van der Waals surface area contributed by atoms with Crippen molar-refractivity contribution in [3.63, 3.8) is 0 Å². The first-order valence-corrected chi connectivity index (χ1v) is 21.8. The van der Waals surface area contributed by atoms with E-state index in [2.05, 4.69) is 38.3 Å². The smallest absolute Gasteiger partial charge is 0.279 e. The number of nitro groups is 1.